The smallest absolute Gasteiger partial charge is 0.331 e. The van der Waals surface area contributed by atoms with Gasteiger partial charge in [-0.25, -0.2) is 9.78 Å². The lowest BCUT2D eigenvalue weighted by Crippen LogP contribution is -2.33. The molecule has 0 saturated heterocycles. The first-order valence-corrected chi connectivity index (χ1v) is 7.80. The molecule has 2 N–H and O–H groups in total. The molecule has 104 valence electrons. The van der Waals surface area contributed by atoms with Crippen LogP contribution in [0, 0.1) is 0 Å². The van der Waals surface area contributed by atoms with Crippen molar-refractivity contribution in [2.45, 2.75) is 11.1 Å². The minimum atomic E-state index is -1.09. The summed E-state index contributed by atoms with van der Waals surface area (Å²) < 4.78 is 0. The Hall–Kier alpha value is -1.86. The van der Waals surface area contributed by atoms with Gasteiger partial charge in [-0.1, -0.05) is 6.07 Å². The number of rotatable bonds is 5. The van der Waals surface area contributed by atoms with E-state index in [-0.39, 0.29) is 0 Å². The first kappa shape index (κ1) is 14.5. The van der Waals surface area contributed by atoms with E-state index in [1.54, 1.807) is 35.8 Å². The highest BCUT2D eigenvalue weighted by Crippen LogP contribution is 2.21. The number of carbonyl (C=O) groups is 2. The fourth-order valence-corrected chi connectivity index (χ4v) is 2.96. The summed E-state index contributed by atoms with van der Waals surface area (Å²) in [5.41, 5.74) is 0.378. The van der Waals surface area contributed by atoms with E-state index in [9.17, 15) is 14.7 Å². The van der Waals surface area contributed by atoms with Gasteiger partial charge in [-0.3, -0.25) is 4.79 Å². The van der Waals surface area contributed by atoms with Gasteiger partial charge in [0.25, 0.3) is 5.91 Å². The molecule has 2 rings (SSSR count). The monoisotopic (exact) mass is 308 g/mol. The summed E-state index contributed by atoms with van der Waals surface area (Å²) in [6.07, 6.45) is 3.41. The van der Waals surface area contributed by atoms with Gasteiger partial charge in [-0.05, 0) is 29.8 Å². The van der Waals surface area contributed by atoms with E-state index in [1.165, 1.54) is 23.1 Å². The van der Waals surface area contributed by atoms with Crippen LogP contribution in [0.1, 0.15) is 21.3 Å². The van der Waals surface area contributed by atoms with E-state index >= 15 is 0 Å². The van der Waals surface area contributed by atoms with Crippen LogP contribution in [-0.2, 0) is 4.79 Å². The molecule has 0 saturated carbocycles. The molecule has 2 heterocycles. The fourth-order valence-electron chi connectivity index (χ4n) is 1.65. The number of nitrogens with zero attached hydrogens (tertiary/aromatic N) is 1. The molecular formula is C13H12N2O3S2. The van der Waals surface area contributed by atoms with Crippen LogP contribution >= 0.6 is 23.1 Å². The topological polar surface area (TPSA) is 79.3 Å². The van der Waals surface area contributed by atoms with Crippen LogP contribution in [0.2, 0.25) is 0 Å². The summed E-state index contributed by atoms with van der Waals surface area (Å²) >= 11 is 2.63. The lowest BCUT2D eigenvalue weighted by atomic mass is 10.2. The number of aromatic nitrogens is 1. The molecule has 1 unspecified atom stereocenters. The summed E-state index contributed by atoms with van der Waals surface area (Å²) in [6, 6.07) is 5.66. The molecule has 1 amide bonds. The van der Waals surface area contributed by atoms with Crippen LogP contribution in [0.15, 0.2) is 40.9 Å². The number of carbonyl (C=O) groups excluding carboxylic acids is 1. The number of thioether (sulfide) groups is 1. The number of hydrogen-bond donors (Lipinski definition) is 2. The summed E-state index contributed by atoms with van der Waals surface area (Å²) in [7, 11) is 0. The molecule has 0 spiro atoms. The third-order valence-electron chi connectivity index (χ3n) is 2.56. The van der Waals surface area contributed by atoms with Gasteiger partial charge in [0, 0.05) is 11.1 Å². The number of thiophene rings is 1. The highest BCUT2D eigenvalue weighted by Gasteiger charge is 2.24. The van der Waals surface area contributed by atoms with Crippen molar-refractivity contribution in [3.8, 4) is 0 Å². The van der Waals surface area contributed by atoms with Crippen molar-refractivity contribution in [3.05, 3.63) is 46.3 Å². The summed E-state index contributed by atoms with van der Waals surface area (Å²) in [4.78, 5) is 28.2. The summed E-state index contributed by atoms with van der Waals surface area (Å²) in [6.45, 7) is 0. The molecule has 5 nitrogen and oxygen atoms in total. The molecule has 0 bridgehead atoms. The Morgan fingerprint density at radius 3 is 2.80 bits per heavy atom. The summed E-state index contributed by atoms with van der Waals surface area (Å²) in [5, 5.41) is 14.1. The van der Waals surface area contributed by atoms with Gasteiger partial charge < -0.3 is 10.4 Å². The van der Waals surface area contributed by atoms with Gasteiger partial charge in [-0.15, -0.1) is 23.1 Å². The van der Waals surface area contributed by atoms with E-state index in [2.05, 4.69) is 10.3 Å². The van der Waals surface area contributed by atoms with Gasteiger partial charge in [0.2, 0.25) is 0 Å². The molecule has 0 aliphatic carbocycles. The Morgan fingerprint density at radius 2 is 2.20 bits per heavy atom. The molecule has 1 atom stereocenters. The van der Waals surface area contributed by atoms with Gasteiger partial charge >= 0.3 is 5.97 Å². The normalized spacial score (nSPS) is 11.8. The zero-order valence-corrected chi connectivity index (χ0v) is 12.2. The van der Waals surface area contributed by atoms with Gasteiger partial charge in [0.1, 0.15) is 5.03 Å². The highest BCUT2D eigenvalue weighted by molar-refractivity contribution is 7.98. The van der Waals surface area contributed by atoms with E-state index in [0.717, 1.165) is 0 Å². The lowest BCUT2D eigenvalue weighted by Gasteiger charge is -2.14. The molecule has 20 heavy (non-hydrogen) atoms. The van der Waals surface area contributed by atoms with E-state index < -0.39 is 17.9 Å². The second kappa shape index (κ2) is 6.53. The largest absolute Gasteiger partial charge is 0.479 e. The van der Waals surface area contributed by atoms with Crippen molar-refractivity contribution in [1.29, 1.82) is 0 Å². The SMILES string of the molecule is CSc1ncccc1C(=O)NC(C(=O)O)c1cccs1. The van der Waals surface area contributed by atoms with Crippen LogP contribution in [0.4, 0.5) is 0 Å². The van der Waals surface area contributed by atoms with E-state index in [0.29, 0.717) is 15.5 Å². The third kappa shape index (κ3) is 3.17. The Balaban J connectivity index is 2.23. The number of pyridine rings is 1. The number of amides is 1. The predicted octanol–water partition coefficient (Wildman–Crippen LogP) is 2.42. The maximum absolute atomic E-state index is 12.2. The Morgan fingerprint density at radius 1 is 1.40 bits per heavy atom. The van der Waals surface area contributed by atoms with Crippen LogP contribution < -0.4 is 5.32 Å². The second-order valence-electron chi connectivity index (χ2n) is 3.82. The second-order valence-corrected chi connectivity index (χ2v) is 5.59. The Labute approximate surface area is 124 Å². The zero-order chi connectivity index (χ0) is 14.5. The van der Waals surface area contributed by atoms with Crippen LogP contribution in [0.25, 0.3) is 0 Å². The van der Waals surface area contributed by atoms with Crippen molar-refractivity contribution in [3.63, 3.8) is 0 Å². The fraction of sp³-hybridized carbons (Fsp3) is 0.154. The number of nitrogens with one attached hydrogen (secondary N) is 1. The van der Waals surface area contributed by atoms with Gasteiger partial charge in [0.05, 0.1) is 5.56 Å². The number of hydrogen-bond acceptors (Lipinski definition) is 5. The molecule has 0 aliphatic rings. The van der Waals surface area contributed by atoms with E-state index in [4.69, 9.17) is 0 Å². The Bertz CT molecular complexity index is 614. The molecule has 0 aromatic carbocycles. The number of carboxylic acids is 1. The van der Waals surface area contributed by atoms with Crippen molar-refractivity contribution < 1.29 is 14.7 Å². The minimum absolute atomic E-state index is 0.378. The first-order chi connectivity index (χ1) is 9.63. The maximum Gasteiger partial charge on any atom is 0.331 e. The standard InChI is InChI=1S/C13H12N2O3S2/c1-19-12-8(4-2-6-14-12)11(16)15-10(13(17)18)9-5-3-7-20-9/h2-7,10H,1H3,(H,15,16)(H,17,18). The quantitative estimate of drug-likeness (QED) is 0.829. The van der Waals surface area contributed by atoms with Crippen LogP contribution in [0.5, 0.6) is 0 Å². The Kier molecular flexibility index (Phi) is 4.75. The van der Waals surface area contributed by atoms with Crippen molar-refractivity contribution >= 4 is 35.0 Å². The van der Waals surface area contributed by atoms with Crippen molar-refractivity contribution in [1.82, 2.24) is 10.3 Å². The highest BCUT2D eigenvalue weighted by atomic mass is 32.2. The maximum atomic E-state index is 12.2. The average molecular weight is 308 g/mol. The van der Waals surface area contributed by atoms with Gasteiger partial charge in [0.15, 0.2) is 6.04 Å². The van der Waals surface area contributed by atoms with Crippen molar-refractivity contribution in [2.24, 2.45) is 0 Å². The van der Waals surface area contributed by atoms with Gasteiger partial charge in [-0.2, -0.15) is 0 Å². The molecule has 2 aromatic rings. The molecule has 0 radical (unpaired) electrons. The minimum Gasteiger partial charge on any atom is -0.479 e. The molecule has 7 heteroatoms. The first-order valence-electron chi connectivity index (χ1n) is 5.69. The number of carboxylic acid groups (broad SMARTS) is 1. The molecule has 0 fully saturated rings. The molecule has 2 aromatic heterocycles. The third-order valence-corrected chi connectivity index (χ3v) is 4.21. The van der Waals surface area contributed by atoms with E-state index in [1.807, 2.05) is 6.26 Å². The zero-order valence-electron chi connectivity index (χ0n) is 10.6. The predicted molar refractivity (Wildman–Crippen MR) is 78.2 cm³/mol. The average Bonchev–Trinajstić information content (AvgIpc) is 2.97. The lowest BCUT2D eigenvalue weighted by molar-refractivity contribution is -0.139. The summed E-state index contributed by atoms with van der Waals surface area (Å²) in [5.74, 6) is -1.53. The molecular weight excluding hydrogens is 296 g/mol. The van der Waals surface area contributed by atoms with Crippen LogP contribution in [-0.4, -0.2) is 28.2 Å². The van der Waals surface area contributed by atoms with Crippen molar-refractivity contribution in [2.75, 3.05) is 6.26 Å². The number of aliphatic carboxylic acids is 1. The molecule has 0 aliphatic heterocycles. The van der Waals surface area contributed by atoms with Crippen LogP contribution in [0.3, 0.4) is 0 Å².